The first-order valence-corrected chi connectivity index (χ1v) is 10.1. The van der Waals surface area contributed by atoms with Gasteiger partial charge in [-0.15, -0.1) is 0 Å². The van der Waals surface area contributed by atoms with E-state index in [0.717, 1.165) is 19.4 Å². The molecule has 1 heterocycles. The molecule has 1 aliphatic heterocycles. The second kappa shape index (κ2) is 9.22. The standard InChI is InChI=1S/C24H29NO5/c1-6-7-10-25(3)14-18-19(26)11-15(2)22-23(27)21(30-24(18)22)13-16-12-17(28-4)8-9-20(16)29-5/h8-9,11-13,26H,6-7,10,14H2,1-5H3/b21-13-. The minimum atomic E-state index is -0.204. The maximum Gasteiger partial charge on any atom is 0.232 e. The molecule has 0 saturated heterocycles. The Hall–Kier alpha value is -2.99. The number of carbonyl (C=O) groups is 1. The van der Waals surface area contributed by atoms with Gasteiger partial charge in [-0.05, 0) is 62.8 Å². The molecule has 0 fully saturated rings. The minimum absolute atomic E-state index is 0.141. The van der Waals surface area contributed by atoms with E-state index in [4.69, 9.17) is 14.2 Å². The number of nitrogens with zero attached hydrogens (tertiary/aromatic N) is 1. The van der Waals surface area contributed by atoms with Crippen LogP contribution in [0, 0.1) is 6.92 Å². The number of phenolic OH excluding ortho intramolecular Hbond substituents is 1. The minimum Gasteiger partial charge on any atom is -0.507 e. The summed E-state index contributed by atoms with van der Waals surface area (Å²) in [7, 11) is 5.15. The molecule has 6 nitrogen and oxygen atoms in total. The van der Waals surface area contributed by atoms with E-state index in [1.54, 1.807) is 51.5 Å². The van der Waals surface area contributed by atoms with Crippen LogP contribution in [0.1, 0.15) is 46.8 Å². The number of rotatable bonds is 8. The van der Waals surface area contributed by atoms with Crippen molar-refractivity contribution in [3.8, 4) is 23.0 Å². The maximum atomic E-state index is 13.1. The third-order valence-electron chi connectivity index (χ3n) is 5.27. The Morgan fingerprint density at radius 2 is 1.97 bits per heavy atom. The molecule has 0 saturated carbocycles. The highest BCUT2D eigenvalue weighted by molar-refractivity contribution is 6.16. The summed E-state index contributed by atoms with van der Waals surface area (Å²) in [5, 5.41) is 10.6. The molecule has 160 valence electrons. The number of Topliss-reactive ketones (excluding diaryl/α,β-unsaturated/α-hetero) is 1. The van der Waals surface area contributed by atoms with Crippen LogP contribution >= 0.6 is 0 Å². The van der Waals surface area contributed by atoms with Gasteiger partial charge in [0.15, 0.2) is 5.76 Å². The lowest BCUT2D eigenvalue weighted by Gasteiger charge is -2.19. The Morgan fingerprint density at radius 3 is 2.63 bits per heavy atom. The number of hydrogen-bond donors (Lipinski definition) is 1. The van der Waals surface area contributed by atoms with Crippen LogP contribution in [0.2, 0.25) is 0 Å². The van der Waals surface area contributed by atoms with Crippen molar-refractivity contribution in [1.29, 1.82) is 0 Å². The largest absolute Gasteiger partial charge is 0.507 e. The molecule has 0 aromatic heterocycles. The molecule has 1 aliphatic rings. The average molecular weight is 411 g/mol. The average Bonchev–Trinajstić information content (AvgIpc) is 3.05. The second-order valence-electron chi connectivity index (χ2n) is 7.53. The molecule has 0 amide bonds. The molecule has 30 heavy (non-hydrogen) atoms. The summed E-state index contributed by atoms with van der Waals surface area (Å²) in [5.41, 5.74) is 2.49. The van der Waals surface area contributed by atoms with Crippen LogP contribution in [0.15, 0.2) is 30.0 Å². The normalized spacial score (nSPS) is 14.2. The first-order chi connectivity index (χ1) is 14.4. The molecular formula is C24H29NO5. The topological polar surface area (TPSA) is 68.2 Å². The molecule has 0 bridgehead atoms. The number of phenols is 1. The highest BCUT2D eigenvalue weighted by atomic mass is 16.5. The van der Waals surface area contributed by atoms with Gasteiger partial charge in [-0.25, -0.2) is 0 Å². The number of carbonyl (C=O) groups excluding carboxylic acids is 1. The Kier molecular flexibility index (Phi) is 6.67. The predicted molar refractivity (Wildman–Crippen MR) is 117 cm³/mol. The van der Waals surface area contributed by atoms with Crippen LogP contribution in [-0.4, -0.2) is 43.6 Å². The van der Waals surface area contributed by atoms with Crippen LogP contribution in [0.4, 0.5) is 0 Å². The Bertz CT molecular complexity index is 980. The van der Waals surface area contributed by atoms with Crippen molar-refractivity contribution in [1.82, 2.24) is 4.90 Å². The molecule has 0 spiro atoms. The number of aromatic hydroxyl groups is 1. The summed E-state index contributed by atoms with van der Waals surface area (Å²) >= 11 is 0. The van der Waals surface area contributed by atoms with E-state index in [0.29, 0.717) is 46.0 Å². The number of benzene rings is 2. The summed E-state index contributed by atoms with van der Waals surface area (Å²) < 4.78 is 16.7. The Labute approximate surface area is 177 Å². The fourth-order valence-electron chi connectivity index (χ4n) is 3.60. The summed E-state index contributed by atoms with van der Waals surface area (Å²) in [6.45, 7) is 5.34. The van der Waals surface area contributed by atoms with E-state index in [2.05, 4.69) is 11.8 Å². The summed E-state index contributed by atoms with van der Waals surface area (Å²) in [4.78, 5) is 15.3. The zero-order valence-corrected chi connectivity index (χ0v) is 18.2. The fourth-order valence-corrected chi connectivity index (χ4v) is 3.60. The Balaban J connectivity index is 2.01. The van der Waals surface area contributed by atoms with Gasteiger partial charge in [0.2, 0.25) is 5.78 Å². The van der Waals surface area contributed by atoms with Crippen molar-refractivity contribution in [3.05, 3.63) is 52.3 Å². The van der Waals surface area contributed by atoms with Gasteiger partial charge in [0.25, 0.3) is 0 Å². The molecular weight excluding hydrogens is 382 g/mol. The molecule has 0 atom stereocenters. The van der Waals surface area contributed by atoms with E-state index in [1.807, 2.05) is 7.05 Å². The van der Waals surface area contributed by atoms with Gasteiger partial charge in [0, 0.05) is 12.1 Å². The molecule has 0 radical (unpaired) electrons. The Morgan fingerprint density at radius 1 is 1.20 bits per heavy atom. The van der Waals surface area contributed by atoms with Gasteiger partial charge in [-0.3, -0.25) is 4.79 Å². The maximum absolute atomic E-state index is 13.1. The van der Waals surface area contributed by atoms with E-state index < -0.39 is 0 Å². The fraction of sp³-hybridized carbons (Fsp3) is 0.375. The lowest BCUT2D eigenvalue weighted by Crippen LogP contribution is -2.19. The lowest BCUT2D eigenvalue weighted by molar-refractivity contribution is 0.101. The van der Waals surface area contributed by atoms with Crippen molar-refractivity contribution < 1.29 is 24.1 Å². The van der Waals surface area contributed by atoms with Gasteiger partial charge in [-0.2, -0.15) is 0 Å². The van der Waals surface area contributed by atoms with E-state index in [9.17, 15) is 9.90 Å². The molecule has 0 aliphatic carbocycles. The summed E-state index contributed by atoms with van der Waals surface area (Å²) in [5.74, 6) is 1.83. The van der Waals surface area contributed by atoms with Gasteiger partial charge >= 0.3 is 0 Å². The number of hydrogen-bond acceptors (Lipinski definition) is 6. The van der Waals surface area contributed by atoms with Gasteiger partial charge in [0.1, 0.15) is 23.0 Å². The van der Waals surface area contributed by atoms with Gasteiger partial charge in [-0.1, -0.05) is 13.3 Å². The summed E-state index contributed by atoms with van der Waals surface area (Å²) in [6, 6.07) is 7.00. The quantitative estimate of drug-likeness (QED) is 0.642. The molecule has 6 heteroatoms. The molecule has 1 N–H and O–H groups in total. The number of allylic oxidation sites excluding steroid dienone is 1. The number of methoxy groups -OCH3 is 2. The predicted octanol–water partition coefficient (Wildman–Crippen LogP) is 4.57. The zero-order chi connectivity index (χ0) is 21.8. The smallest absolute Gasteiger partial charge is 0.232 e. The van der Waals surface area contributed by atoms with Crippen LogP contribution in [0.3, 0.4) is 0 Å². The van der Waals surface area contributed by atoms with Crippen LogP contribution in [-0.2, 0) is 6.54 Å². The molecule has 2 aromatic carbocycles. The number of ether oxygens (including phenoxy) is 3. The van der Waals surface area contributed by atoms with E-state index in [1.165, 1.54) is 0 Å². The van der Waals surface area contributed by atoms with Crippen LogP contribution in [0.5, 0.6) is 23.0 Å². The number of unbranched alkanes of at least 4 members (excludes halogenated alkanes) is 1. The van der Waals surface area contributed by atoms with Crippen molar-refractivity contribution in [2.45, 2.75) is 33.2 Å². The lowest BCUT2D eigenvalue weighted by atomic mass is 9.99. The van der Waals surface area contributed by atoms with E-state index >= 15 is 0 Å². The monoisotopic (exact) mass is 411 g/mol. The molecule has 2 aromatic rings. The first-order valence-electron chi connectivity index (χ1n) is 10.1. The highest BCUT2D eigenvalue weighted by Crippen LogP contribution is 2.42. The van der Waals surface area contributed by atoms with Gasteiger partial charge in [0.05, 0.1) is 25.3 Å². The van der Waals surface area contributed by atoms with Crippen molar-refractivity contribution >= 4 is 11.9 Å². The third-order valence-corrected chi connectivity index (χ3v) is 5.27. The third kappa shape index (κ3) is 4.28. The second-order valence-corrected chi connectivity index (χ2v) is 7.53. The first kappa shape index (κ1) is 21.7. The van der Waals surface area contributed by atoms with E-state index in [-0.39, 0.29) is 17.3 Å². The number of ketones is 1. The zero-order valence-electron chi connectivity index (χ0n) is 18.2. The van der Waals surface area contributed by atoms with Crippen molar-refractivity contribution in [3.63, 3.8) is 0 Å². The number of fused-ring (bicyclic) bond motifs is 1. The SMILES string of the molecule is CCCCN(C)Cc1c(O)cc(C)c2c1O/C(=C\c1cc(OC)ccc1OC)C2=O. The van der Waals surface area contributed by atoms with Crippen molar-refractivity contribution in [2.24, 2.45) is 0 Å². The van der Waals surface area contributed by atoms with Crippen LogP contribution in [0.25, 0.3) is 6.08 Å². The van der Waals surface area contributed by atoms with Crippen molar-refractivity contribution in [2.75, 3.05) is 27.8 Å². The van der Waals surface area contributed by atoms with Crippen LogP contribution < -0.4 is 14.2 Å². The molecule has 3 rings (SSSR count). The summed E-state index contributed by atoms with van der Waals surface area (Å²) in [6.07, 6.45) is 3.81. The van der Waals surface area contributed by atoms with Gasteiger partial charge < -0.3 is 24.2 Å². The number of aryl methyl sites for hydroxylation is 1. The highest BCUT2D eigenvalue weighted by Gasteiger charge is 2.33. The molecule has 0 unspecified atom stereocenters.